The van der Waals surface area contributed by atoms with Gasteiger partial charge in [0.1, 0.15) is 15.9 Å². The summed E-state index contributed by atoms with van der Waals surface area (Å²) < 4.78 is 6.21. The molecule has 1 aliphatic rings. The smallest absolute Gasteiger partial charge is 0.232 e. The summed E-state index contributed by atoms with van der Waals surface area (Å²) in [5.74, 6) is 2.40. The molecule has 0 radical (unpaired) electrons. The number of methoxy groups -OCH3 is 1. The van der Waals surface area contributed by atoms with E-state index in [1.165, 1.54) is 4.90 Å². The van der Waals surface area contributed by atoms with E-state index < -0.39 is 0 Å². The topological polar surface area (TPSA) is 93.6 Å². The molecule has 4 N–H and O–H groups in total. The number of thioether (sulfide) groups is 1. The maximum absolute atomic E-state index is 5.86. The van der Waals surface area contributed by atoms with Crippen LogP contribution in [0.3, 0.4) is 0 Å². The van der Waals surface area contributed by atoms with Gasteiger partial charge in [-0.3, -0.25) is 0 Å². The lowest BCUT2D eigenvalue weighted by molar-refractivity contribution is -0.883. The van der Waals surface area contributed by atoms with Crippen molar-refractivity contribution in [2.24, 2.45) is 0 Å². The molecule has 1 aromatic heterocycles. The minimum absolute atomic E-state index is 0.173. The molecule has 0 atom stereocenters. The molecule has 2 aromatic rings. The van der Waals surface area contributed by atoms with Crippen LogP contribution in [-0.2, 0) is 5.75 Å². The first-order chi connectivity index (χ1) is 13.0. The number of quaternary nitrogens is 1. The maximum Gasteiger partial charge on any atom is 0.232 e. The third-order valence-corrected chi connectivity index (χ3v) is 5.77. The van der Waals surface area contributed by atoms with E-state index in [0.29, 0.717) is 23.3 Å². The molecule has 27 heavy (non-hydrogen) atoms. The Morgan fingerprint density at radius 2 is 2.04 bits per heavy atom. The van der Waals surface area contributed by atoms with Gasteiger partial charge in [0, 0.05) is 0 Å². The molecular weight excluding hydrogens is 382 g/mol. The van der Waals surface area contributed by atoms with Crippen molar-refractivity contribution < 1.29 is 9.64 Å². The second-order valence-corrected chi connectivity index (χ2v) is 7.87. The van der Waals surface area contributed by atoms with Crippen molar-refractivity contribution >= 4 is 45.9 Å². The molecule has 1 fully saturated rings. The van der Waals surface area contributed by atoms with Crippen LogP contribution in [-0.4, -0.2) is 64.5 Å². The van der Waals surface area contributed by atoms with Crippen LogP contribution in [0.2, 0.25) is 0 Å². The third-order valence-electron chi connectivity index (χ3n) is 4.25. The minimum Gasteiger partial charge on any atom is -0.495 e. The minimum atomic E-state index is 0.173. The molecule has 0 unspecified atom stereocenters. The Kier molecular flexibility index (Phi) is 6.64. The highest BCUT2D eigenvalue weighted by Crippen LogP contribution is 2.26. The van der Waals surface area contributed by atoms with Gasteiger partial charge in [-0.15, -0.1) is 0 Å². The van der Waals surface area contributed by atoms with E-state index in [0.717, 1.165) is 36.2 Å². The average molecular weight is 407 g/mol. The van der Waals surface area contributed by atoms with Crippen LogP contribution in [0.5, 0.6) is 5.75 Å². The number of piperazine rings is 1. The van der Waals surface area contributed by atoms with Gasteiger partial charge >= 0.3 is 0 Å². The first kappa shape index (κ1) is 19.6. The Balaban J connectivity index is 1.64. The highest BCUT2D eigenvalue weighted by atomic mass is 32.2. The van der Waals surface area contributed by atoms with Crippen molar-refractivity contribution in [1.29, 1.82) is 0 Å². The number of nitrogens with zero attached hydrogens (tertiary/aromatic N) is 4. The van der Waals surface area contributed by atoms with Crippen molar-refractivity contribution in [3.8, 4) is 5.75 Å². The van der Waals surface area contributed by atoms with E-state index in [-0.39, 0.29) is 5.95 Å². The van der Waals surface area contributed by atoms with E-state index in [4.69, 9.17) is 22.7 Å². The van der Waals surface area contributed by atoms with Crippen LogP contribution < -0.4 is 20.7 Å². The number of nitrogen functional groups attached to an aromatic ring is 1. The van der Waals surface area contributed by atoms with E-state index in [9.17, 15) is 0 Å². The van der Waals surface area contributed by atoms with Crippen LogP contribution in [0.25, 0.3) is 0 Å². The summed E-state index contributed by atoms with van der Waals surface area (Å²) in [7, 11) is 3.82. The highest BCUT2D eigenvalue weighted by molar-refractivity contribution is 8.22. The number of hydrogen-bond acceptors (Lipinski definition) is 8. The number of anilines is 3. The van der Waals surface area contributed by atoms with Gasteiger partial charge in [-0.25, -0.2) is 0 Å². The Morgan fingerprint density at radius 1 is 1.30 bits per heavy atom. The SMILES string of the molecule is COc1ccccc1Nc1nc(N)nc(CSC(=S)N2CC[NH+](C)CC2)n1. The van der Waals surface area contributed by atoms with E-state index in [2.05, 4.69) is 32.2 Å². The zero-order chi connectivity index (χ0) is 19.2. The van der Waals surface area contributed by atoms with Crippen LogP contribution in [0.15, 0.2) is 24.3 Å². The first-order valence-corrected chi connectivity index (χ1v) is 10.1. The number of benzene rings is 1. The van der Waals surface area contributed by atoms with Crippen molar-refractivity contribution in [3.05, 3.63) is 30.1 Å². The lowest BCUT2D eigenvalue weighted by Crippen LogP contribution is -3.12. The molecule has 0 aliphatic carbocycles. The number of thiocarbonyl (C=S) groups is 1. The fraction of sp³-hybridized carbons (Fsp3) is 0.412. The van der Waals surface area contributed by atoms with Crippen molar-refractivity contribution in [2.75, 3.05) is 51.4 Å². The fourth-order valence-corrected chi connectivity index (χ4v) is 3.82. The summed E-state index contributed by atoms with van der Waals surface area (Å²) in [6.45, 7) is 4.17. The lowest BCUT2D eigenvalue weighted by Gasteiger charge is -2.31. The summed E-state index contributed by atoms with van der Waals surface area (Å²) in [5.41, 5.74) is 6.62. The summed E-state index contributed by atoms with van der Waals surface area (Å²) in [6, 6.07) is 7.55. The molecule has 2 heterocycles. The van der Waals surface area contributed by atoms with Gasteiger partial charge in [-0.1, -0.05) is 36.1 Å². The molecule has 8 nitrogen and oxygen atoms in total. The molecule has 1 aliphatic heterocycles. The van der Waals surface area contributed by atoms with E-state index >= 15 is 0 Å². The predicted molar refractivity (Wildman–Crippen MR) is 113 cm³/mol. The fourth-order valence-electron chi connectivity index (χ4n) is 2.72. The number of ether oxygens (including phenoxy) is 1. The van der Waals surface area contributed by atoms with Crippen molar-refractivity contribution in [3.63, 3.8) is 0 Å². The maximum atomic E-state index is 5.86. The van der Waals surface area contributed by atoms with Gasteiger partial charge in [0.2, 0.25) is 11.9 Å². The van der Waals surface area contributed by atoms with E-state index in [1.807, 2.05) is 24.3 Å². The highest BCUT2D eigenvalue weighted by Gasteiger charge is 2.19. The number of rotatable bonds is 5. The normalized spacial score (nSPS) is 14.8. The van der Waals surface area contributed by atoms with Gasteiger partial charge in [0.05, 0.1) is 51.8 Å². The number of likely N-dealkylation sites (N-methyl/N-ethyl adjacent to an activating group) is 1. The standard InChI is InChI=1S/C17H23N7OS2/c1-23-7-9-24(10-8-23)17(26)27-11-14-20-15(18)22-16(21-14)19-12-5-3-4-6-13(12)25-2/h3-6H,7-11H2,1-2H3,(H3,18,19,20,21,22)/p+1. The molecule has 1 aromatic carbocycles. The summed E-state index contributed by atoms with van der Waals surface area (Å²) in [5, 5.41) is 3.14. The zero-order valence-corrected chi connectivity index (χ0v) is 17.1. The number of nitrogens with one attached hydrogen (secondary N) is 2. The number of nitrogens with two attached hydrogens (primary N) is 1. The molecule has 0 saturated carbocycles. The zero-order valence-electron chi connectivity index (χ0n) is 15.4. The molecule has 0 bridgehead atoms. The predicted octanol–water partition coefficient (Wildman–Crippen LogP) is 0.554. The molecule has 144 valence electrons. The summed E-state index contributed by atoms with van der Waals surface area (Å²) in [6.07, 6.45) is 0. The van der Waals surface area contributed by atoms with Gasteiger partial charge in [-0.05, 0) is 12.1 Å². The Morgan fingerprint density at radius 3 is 2.78 bits per heavy atom. The monoisotopic (exact) mass is 406 g/mol. The third kappa shape index (κ3) is 5.41. The molecule has 3 rings (SSSR count). The Bertz CT molecular complexity index is 797. The van der Waals surface area contributed by atoms with E-state index in [1.54, 1.807) is 18.9 Å². The van der Waals surface area contributed by atoms with Crippen molar-refractivity contribution in [1.82, 2.24) is 19.9 Å². The number of aromatic nitrogens is 3. The van der Waals surface area contributed by atoms with Crippen molar-refractivity contribution in [2.45, 2.75) is 5.75 Å². The first-order valence-electron chi connectivity index (χ1n) is 8.68. The second kappa shape index (κ2) is 9.16. The second-order valence-electron chi connectivity index (χ2n) is 6.26. The quantitative estimate of drug-likeness (QED) is 0.616. The molecule has 1 saturated heterocycles. The molecule has 0 amide bonds. The van der Waals surface area contributed by atoms with Gasteiger partial charge < -0.3 is 25.6 Å². The summed E-state index contributed by atoms with van der Waals surface area (Å²) >= 11 is 7.12. The van der Waals surface area contributed by atoms with Gasteiger partial charge in [0.15, 0.2) is 0 Å². The van der Waals surface area contributed by atoms with Crippen LogP contribution in [0.1, 0.15) is 5.82 Å². The Labute approximate surface area is 168 Å². The average Bonchev–Trinajstić information content (AvgIpc) is 2.67. The van der Waals surface area contributed by atoms with Crippen LogP contribution in [0.4, 0.5) is 17.6 Å². The van der Waals surface area contributed by atoms with Gasteiger partial charge in [0.25, 0.3) is 0 Å². The molecule has 0 spiro atoms. The lowest BCUT2D eigenvalue weighted by atomic mass is 10.3. The van der Waals surface area contributed by atoms with Crippen LogP contribution >= 0.6 is 24.0 Å². The number of para-hydroxylation sites is 2. The van der Waals surface area contributed by atoms with Crippen LogP contribution in [0, 0.1) is 0 Å². The van der Waals surface area contributed by atoms with Gasteiger partial charge in [-0.2, -0.15) is 15.0 Å². The Hall–Kier alpha value is -2.17. The molecule has 10 heteroatoms. The molecular formula is C17H24N7OS2+. The largest absolute Gasteiger partial charge is 0.495 e. The number of hydrogen-bond donors (Lipinski definition) is 3. The summed E-state index contributed by atoms with van der Waals surface area (Å²) in [4.78, 5) is 16.6.